The van der Waals surface area contributed by atoms with E-state index in [1.807, 2.05) is 0 Å². The highest BCUT2D eigenvalue weighted by Gasteiger charge is 2.25. The number of ether oxygens (including phenoxy) is 1. The Hall–Kier alpha value is -0.530. The van der Waals surface area contributed by atoms with Crippen LogP contribution in [0, 0.1) is 11.8 Å². The third-order valence-corrected chi connectivity index (χ3v) is 2.91. The lowest BCUT2D eigenvalue weighted by molar-refractivity contribution is -0.141. The van der Waals surface area contributed by atoms with Crippen LogP contribution >= 0.6 is 0 Å². The van der Waals surface area contributed by atoms with Crippen molar-refractivity contribution in [3.8, 4) is 0 Å². The van der Waals surface area contributed by atoms with E-state index in [1.54, 1.807) is 0 Å². The van der Waals surface area contributed by atoms with Gasteiger partial charge < -0.3 is 4.74 Å². The van der Waals surface area contributed by atoms with Crippen LogP contribution < -0.4 is 0 Å². The second-order valence-corrected chi connectivity index (χ2v) is 3.73. The van der Waals surface area contributed by atoms with Gasteiger partial charge in [-0.3, -0.25) is 4.79 Å². The topological polar surface area (TPSA) is 26.3 Å². The van der Waals surface area contributed by atoms with Crippen molar-refractivity contribution in [1.29, 1.82) is 0 Å². The van der Waals surface area contributed by atoms with Crippen molar-refractivity contribution in [3.05, 3.63) is 0 Å². The Morgan fingerprint density at radius 1 is 1.42 bits per heavy atom. The van der Waals surface area contributed by atoms with Crippen LogP contribution in [-0.2, 0) is 9.53 Å². The molecule has 0 bridgehead atoms. The molecule has 0 heterocycles. The zero-order valence-corrected chi connectivity index (χ0v) is 8.01. The lowest BCUT2D eigenvalue weighted by Crippen LogP contribution is -2.07. The summed E-state index contributed by atoms with van der Waals surface area (Å²) in [6, 6.07) is 0. The fourth-order valence-electron chi connectivity index (χ4n) is 2.05. The van der Waals surface area contributed by atoms with E-state index in [0.717, 1.165) is 5.92 Å². The van der Waals surface area contributed by atoms with Crippen molar-refractivity contribution in [1.82, 2.24) is 0 Å². The van der Waals surface area contributed by atoms with Gasteiger partial charge in [0.1, 0.15) is 0 Å². The Labute approximate surface area is 74.3 Å². The van der Waals surface area contributed by atoms with Gasteiger partial charge in [-0.05, 0) is 24.7 Å². The smallest absolute Gasteiger partial charge is 0.305 e. The van der Waals surface area contributed by atoms with Crippen molar-refractivity contribution in [2.75, 3.05) is 7.11 Å². The minimum atomic E-state index is -0.0447. The highest BCUT2D eigenvalue weighted by atomic mass is 16.5. The van der Waals surface area contributed by atoms with Gasteiger partial charge in [0.25, 0.3) is 0 Å². The summed E-state index contributed by atoms with van der Waals surface area (Å²) < 4.78 is 4.64. The average Bonchev–Trinajstić information content (AvgIpc) is 2.52. The first-order chi connectivity index (χ1) is 5.76. The van der Waals surface area contributed by atoms with Gasteiger partial charge in [0, 0.05) is 6.42 Å². The van der Waals surface area contributed by atoms with Crippen molar-refractivity contribution in [2.24, 2.45) is 11.8 Å². The van der Waals surface area contributed by atoms with E-state index < -0.39 is 0 Å². The van der Waals surface area contributed by atoms with Gasteiger partial charge in [0.15, 0.2) is 0 Å². The summed E-state index contributed by atoms with van der Waals surface area (Å²) in [6.45, 7) is 2.23. The maximum atomic E-state index is 10.9. The Morgan fingerprint density at radius 2 is 2.08 bits per heavy atom. The van der Waals surface area contributed by atoms with E-state index in [-0.39, 0.29) is 5.97 Å². The predicted octanol–water partition coefficient (Wildman–Crippen LogP) is 2.38. The number of hydrogen-bond acceptors (Lipinski definition) is 2. The fraction of sp³-hybridized carbons (Fsp3) is 0.900. The molecule has 0 N–H and O–H groups in total. The summed E-state index contributed by atoms with van der Waals surface area (Å²) in [6.07, 6.45) is 5.64. The second-order valence-electron chi connectivity index (χ2n) is 3.73. The van der Waals surface area contributed by atoms with Crippen molar-refractivity contribution in [2.45, 2.75) is 39.0 Å². The summed E-state index contributed by atoms with van der Waals surface area (Å²) in [7, 11) is 1.47. The summed E-state index contributed by atoms with van der Waals surface area (Å²) >= 11 is 0. The molecule has 0 aliphatic heterocycles. The molecule has 1 aliphatic carbocycles. The maximum Gasteiger partial charge on any atom is 0.305 e. The fourth-order valence-corrected chi connectivity index (χ4v) is 2.05. The molecular weight excluding hydrogens is 152 g/mol. The van der Waals surface area contributed by atoms with Gasteiger partial charge in [-0.15, -0.1) is 0 Å². The second kappa shape index (κ2) is 4.48. The van der Waals surface area contributed by atoms with Crippen molar-refractivity contribution in [3.63, 3.8) is 0 Å². The molecule has 1 saturated carbocycles. The number of carbonyl (C=O) groups excluding carboxylic acids is 1. The van der Waals surface area contributed by atoms with E-state index in [2.05, 4.69) is 11.7 Å². The quantitative estimate of drug-likeness (QED) is 0.608. The molecule has 0 aromatic carbocycles. The van der Waals surface area contributed by atoms with Crippen LogP contribution in [-0.4, -0.2) is 13.1 Å². The SMILES string of the molecule is CCC1CCC(CC(=O)OC)C1. The third-order valence-electron chi connectivity index (χ3n) is 2.91. The molecule has 2 atom stereocenters. The molecule has 0 aromatic heterocycles. The molecule has 2 unspecified atom stereocenters. The number of methoxy groups -OCH3 is 1. The average molecular weight is 170 g/mol. The molecule has 70 valence electrons. The van der Waals surface area contributed by atoms with Crippen LogP contribution in [0.5, 0.6) is 0 Å². The van der Waals surface area contributed by atoms with E-state index in [0.29, 0.717) is 12.3 Å². The maximum absolute atomic E-state index is 10.9. The zero-order valence-electron chi connectivity index (χ0n) is 8.01. The molecular formula is C10H18O2. The van der Waals surface area contributed by atoms with Gasteiger partial charge in [0.05, 0.1) is 7.11 Å². The van der Waals surface area contributed by atoms with Crippen LogP contribution in [0.2, 0.25) is 0 Å². The molecule has 1 rings (SSSR count). The summed E-state index contributed by atoms with van der Waals surface area (Å²) in [5.74, 6) is 1.42. The summed E-state index contributed by atoms with van der Waals surface area (Å²) in [5.41, 5.74) is 0. The first kappa shape index (κ1) is 9.56. The lowest BCUT2D eigenvalue weighted by Gasteiger charge is -2.07. The summed E-state index contributed by atoms with van der Waals surface area (Å²) in [5, 5.41) is 0. The van der Waals surface area contributed by atoms with Gasteiger partial charge in [-0.1, -0.05) is 19.8 Å². The molecule has 1 aliphatic rings. The van der Waals surface area contributed by atoms with E-state index in [9.17, 15) is 4.79 Å². The predicted molar refractivity (Wildman–Crippen MR) is 47.8 cm³/mol. The molecule has 2 heteroatoms. The van der Waals surface area contributed by atoms with Gasteiger partial charge >= 0.3 is 5.97 Å². The van der Waals surface area contributed by atoms with Gasteiger partial charge in [-0.25, -0.2) is 0 Å². The number of esters is 1. The highest BCUT2D eigenvalue weighted by Crippen LogP contribution is 2.34. The van der Waals surface area contributed by atoms with Crippen molar-refractivity contribution >= 4 is 5.97 Å². The van der Waals surface area contributed by atoms with E-state index >= 15 is 0 Å². The molecule has 0 saturated heterocycles. The largest absolute Gasteiger partial charge is 0.469 e. The number of carbonyl (C=O) groups is 1. The first-order valence-corrected chi connectivity index (χ1v) is 4.83. The van der Waals surface area contributed by atoms with Crippen LogP contribution in [0.25, 0.3) is 0 Å². The zero-order chi connectivity index (χ0) is 8.97. The molecule has 0 spiro atoms. The van der Waals surface area contributed by atoms with Crippen LogP contribution in [0.3, 0.4) is 0 Å². The first-order valence-electron chi connectivity index (χ1n) is 4.83. The van der Waals surface area contributed by atoms with Gasteiger partial charge in [0.2, 0.25) is 0 Å². The third kappa shape index (κ3) is 2.50. The minimum Gasteiger partial charge on any atom is -0.469 e. The molecule has 1 fully saturated rings. The molecule has 0 aromatic rings. The molecule has 0 radical (unpaired) electrons. The number of hydrogen-bond donors (Lipinski definition) is 0. The Morgan fingerprint density at radius 3 is 2.58 bits per heavy atom. The molecule has 12 heavy (non-hydrogen) atoms. The van der Waals surface area contributed by atoms with Gasteiger partial charge in [-0.2, -0.15) is 0 Å². The normalized spacial score (nSPS) is 28.8. The van der Waals surface area contributed by atoms with Crippen LogP contribution in [0.1, 0.15) is 39.0 Å². The Balaban J connectivity index is 2.23. The standard InChI is InChI=1S/C10H18O2/c1-3-8-4-5-9(6-8)7-10(11)12-2/h8-9H,3-7H2,1-2H3. The van der Waals surface area contributed by atoms with E-state index in [4.69, 9.17) is 0 Å². The number of rotatable bonds is 3. The monoisotopic (exact) mass is 170 g/mol. The Bertz CT molecular complexity index is 154. The summed E-state index contributed by atoms with van der Waals surface area (Å²) in [4.78, 5) is 10.9. The van der Waals surface area contributed by atoms with Crippen molar-refractivity contribution < 1.29 is 9.53 Å². The molecule has 2 nitrogen and oxygen atoms in total. The lowest BCUT2D eigenvalue weighted by atomic mass is 10.0. The molecule has 0 amide bonds. The van der Waals surface area contributed by atoms with E-state index in [1.165, 1.54) is 32.8 Å². The minimum absolute atomic E-state index is 0.0447. The highest BCUT2D eigenvalue weighted by molar-refractivity contribution is 5.69. The van der Waals surface area contributed by atoms with Crippen LogP contribution in [0.4, 0.5) is 0 Å². The Kier molecular flexibility index (Phi) is 3.57. The van der Waals surface area contributed by atoms with Crippen LogP contribution in [0.15, 0.2) is 0 Å².